The van der Waals surface area contributed by atoms with E-state index in [0.29, 0.717) is 17.6 Å². The van der Waals surface area contributed by atoms with Gasteiger partial charge in [0.25, 0.3) is 0 Å². The number of nitrogens with one attached hydrogen (secondary N) is 1. The van der Waals surface area contributed by atoms with E-state index in [1.54, 1.807) is 11.3 Å². The van der Waals surface area contributed by atoms with E-state index in [2.05, 4.69) is 17.2 Å². The summed E-state index contributed by atoms with van der Waals surface area (Å²) in [5, 5.41) is 6.91. The molecule has 4 heteroatoms. The first-order valence-electron chi connectivity index (χ1n) is 6.58. The first-order chi connectivity index (χ1) is 8.35. The summed E-state index contributed by atoms with van der Waals surface area (Å²) in [6.07, 6.45) is 7.62. The standard InChI is InChI=1S/C13H20N2OS/c1-2-16-11-8-10(13(11)4-3-5-13)15-9-12-14-6-7-17-12/h6-7,10-11,15H,2-5,8-9H2,1H3. The van der Waals surface area contributed by atoms with Crippen LogP contribution >= 0.6 is 11.3 Å². The van der Waals surface area contributed by atoms with E-state index in [1.165, 1.54) is 30.7 Å². The molecular weight excluding hydrogens is 232 g/mol. The van der Waals surface area contributed by atoms with Gasteiger partial charge in [0.2, 0.25) is 0 Å². The SMILES string of the molecule is CCOC1CC(NCc2nccs2)C12CCC2. The predicted molar refractivity (Wildman–Crippen MR) is 69.1 cm³/mol. The fourth-order valence-electron chi connectivity index (χ4n) is 3.28. The van der Waals surface area contributed by atoms with Crippen LogP contribution in [0.4, 0.5) is 0 Å². The van der Waals surface area contributed by atoms with Gasteiger partial charge in [0.15, 0.2) is 0 Å². The average Bonchev–Trinajstić information content (AvgIpc) is 2.72. The highest BCUT2D eigenvalue weighted by molar-refractivity contribution is 7.09. The summed E-state index contributed by atoms with van der Waals surface area (Å²) in [6.45, 7) is 3.87. The molecule has 2 unspecified atom stereocenters. The van der Waals surface area contributed by atoms with Gasteiger partial charge in [-0.15, -0.1) is 11.3 Å². The molecule has 0 aromatic carbocycles. The minimum Gasteiger partial charge on any atom is -0.378 e. The summed E-state index contributed by atoms with van der Waals surface area (Å²) in [4.78, 5) is 4.32. The Morgan fingerprint density at radius 1 is 1.59 bits per heavy atom. The lowest BCUT2D eigenvalue weighted by molar-refractivity contribution is -0.173. The zero-order valence-corrected chi connectivity index (χ0v) is 11.1. The molecule has 1 N–H and O–H groups in total. The third-order valence-electron chi connectivity index (χ3n) is 4.42. The average molecular weight is 252 g/mol. The molecule has 17 heavy (non-hydrogen) atoms. The smallest absolute Gasteiger partial charge is 0.106 e. The van der Waals surface area contributed by atoms with Gasteiger partial charge < -0.3 is 10.1 Å². The number of thiazole rings is 1. The van der Waals surface area contributed by atoms with E-state index in [9.17, 15) is 0 Å². The zero-order valence-electron chi connectivity index (χ0n) is 10.3. The molecule has 2 aliphatic rings. The number of hydrogen-bond donors (Lipinski definition) is 1. The van der Waals surface area contributed by atoms with Crippen molar-refractivity contribution in [3.8, 4) is 0 Å². The lowest BCUT2D eigenvalue weighted by atomic mass is 9.51. The molecule has 2 aliphatic carbocycles. The summed E-state index contributed by atoms with van der Waals surface area (Å²) >= 11 is 1.73. The Morgan fingerprint density at radius 3 is 3.06 bits per heavy atom. The first kappa shape index (κ1) is 11.6. The molecular formula is C13H20N2OS. The van der Waals surface area contributed by atoms with E-state index < -0.39 is 0 Å². The quantitative estimate of drug-likeness (QED) is 0.874. The van der Waals surface area contributed by atoms with Gasteiger partial charge in [-0.3, -0.25) is 0 Å². The molecule has 0 bridgehead atoms. The van der Waals surface area contributed by atoms with Gasteiger partial charge in [-0.1, -0.05) is 6.42 Å². The Hall–Kier alpha value is -0.450. The van der Waals surface area contributed by atoms with Gasteiger partial charge in [0, 0.05) is 36.2 Å². The fourth-order valence-corrected chi connectivity index (χ4v) is 3.84. The Bertz CT molecular complexity index is 362. The van der Waals surface area contributed by atoms with Crippen LogP contribution in [-0.2, 0) is 11.3 Å². The molecule has 0 amide bonds. The lowest BCUT2D eigenvalue weighted by Gasteiger charge is -2.61. The Labute approximate surface area is 107 Å². The van der Waals surface area contributed by atoms with Crippen LogP contribution in [0.15, 0.2) is 11.6 Å². The van der Waals surface area contributed by atoms with Crippen molar-refractivity contribution < 1.29 is 4.74 Å². The van der Waals surface area contributed by atoms with Gasteiger partial charge in [0.1, 0.15) is 5.01 Å². The van der Waals surface area contributed by atoms with Crippen LogP contribution in [0.3, 0.4) is 0 Å². The largest absolute Gasteiger partial charge is 0.378 e. The molecule has 94 valence electrons. The summed E-state index contributed by atoms with van der Waals surface area (Å²) in [5.41, 5.74) is 0.466. The molecule has 0 saturated heterocycles. The maximum absolute atomic E-state index is 5.85. The molecule has 0 aliphatic heterocycles. The number of rotatable bonds is 5. The highest BCUT2D eigenvalue weighted by Gasteiger charge is 2.58. The van der Waals surface area contributed by atoms with Crippen molar-refractivity contribution in [2.75, 3.05) is 6.61 Å². The lowest BCUT2D eigenvalue weighted by Crippen LogP contribution is -2.66. The van der Waals surface area contributed by atoms with E-state index >= 15 is 0 Å². The van der Waals surface area contributed by atoms with Crippen molar-refractivity contribution in [2.24, 2.45) is 5.41 Å². The topological polar surface area (TPSA) is 34.1 Å². The van der Waals surface area contributed by atoms with Crippen LogP contribution in [0.2, 0.25) is 0 Å². The third kappa shape index (κ3) is 1.92. The summed E-state index contributed by atoms with van der Waals surface area (Å²) < 4.78 is 5.85. The zero-order chi connectivity index (χ0) is 11.7. The fraction of sp³-hybridized carbons (Fsp3) is 0.769. The van der Waals surface area contributed by atoms with Gasteiger partial charge in [-0.25, -0.2) is 4.98 Å². The number of hydrogen-bond acceptors (Lipinski definition) is 4. The summed E-state index contributed by atoms with van der Waals surface area (Å²) in [6, 6.07) is 0.650. The molecule has 1 aromatic heterocycles. The number of ether oxygens (including phenoxy) is 1. The normalized spacial score (nSPS) is 29.9. The van der Waals surface area contributed by atoms with E-state index in [1.807, 2.05) is 11.6 Å². The molecule has 2 atom stereocenters. The second kappa shape index (κ2) is 4.67. The number of nitrogens with zero attached hydrogens (tertiary/aromatic N) is 1. The molecule has 2 fully saturated rings. The minimum absolute atomic E-state index is 0.466. The van der Waals surface area contributed by atoms with Crippen LogP contribution < -0.4 is 5.32 Å². The van der Waals surface area contributed by atoms with Crippen LogP contribution in [0.1, 0.15) is 37.6 Å². The Morgan fingerprint density at radius 2 is 2.47 bits per heavy atom. The molecule has 1 aromatic rings. The van der Waals surface area contributed by atoms with Crippen molar-refractivity contribution in [3.05, 3.63) is 16.6 Å². The van der Waals surface area contributed by atoms with Crippen molar-refractivity contribution in [1.29, 1.82) is 0 Å². The Balaban J connectivity index is 1.55. The second-order valence-corrected chi connectivity index (χ2v) is 6.10. The molecule has 0 radical (unpaired) electrons. The van der Waals surface area contributed by atoms with E-state index in [0.717, 1.165) is 13.2 Å². The monoisotopic (exact) mass is 252 g/mol. The Kier molecular flexibility index (Phi) is 3.19. The first-order valence-corrected chi connectivity index (χ1v) is 7.46. The van der Waals surface area contributed by atoms with E-state index in [4.69, 9.17) is 4.74 Å². The minimum atomic E-state index is 0.466. The van der Waals surface area contributed by atoms with Crippen LogP contribution in [0.25, 0.3) is 0 Å². The second-order valence-electron chi connectivity index (χ2n) is 5.13. The third-order valence-corrected chi connectivity index (χ3v) is 5.20. The maximum atomic E-state index is 5.85. The number of aromatic nitrogens is 1. The van der Waals surface area contributed by atoms with Crippen molar-refractivity contribution in [1.82, 2.24) is 10.3 Å². The summed E-state index contributed by atoms with van der Waals surface area (Å²) in [5.74, 6) is 0. The van der Waals surface area contributed by atoms with Crippen molar-refractivity contribution >= 4 is 11.3 Å². The maximum Gasteiger partial charge on any atom is 0.106 e. The van der Waals surface area contributed by atoms with E-state index in [-0.39, 0.29) is 0 Å². The van der Waals surface area contributed by atoms with Crippen molar-refractivity contribution in [2.45, 2.75) is 51.3 Å². The predicted octanol–water partition coefficient (Wildman–Crippen LogP) is 2.58. The summed E-state index contributed by atoms with van der Waals surface area (Å²) in [7, 11) is 0. The van der Waals surface area contributed by atoms with Gasteiger partial charge in [0.05, 0.1) is 6.10 Å². The van der Waals surface area contributed by atoms with Gasteiger partial charge >= 0.3 is 0 Å². The van der Waals surface area contributed by atoms with Crippen LogP contribution in [-0.4, -0.2) is 23.7 Å². The highest BCUT2D eigenvalue weighted by atomic mass is 32.1. The van der Waals surface area contributed by atoms with Crippen molar-refractivity contribution in [3.63, 3.8) is 0 Å². The molecule has 2 saturated carbocycles. The van der Waals surface area contributed by atoms with Gasteiger partial charge in [-0.2, -0.15) is 0 Å². The molecule has 3 nitrogen and oxygen atoms in total. The van der Waals surface area contributed by atoms with Crippen LogP contribution in [0, 0.1) is 5.41 Å². The van der Waals surface area contributed by atoms with Crippen LogP contribution in [0.5, 0.6) is 0 Å². The molecule has 3 rings (SSSR count). The highest BCUT2D eigenvalue weighted by Crippen LogP contribution is 2.57. The molecule has 1 spiro atoms. The van der Waals surface area contributed by atoms with Gasteiger partial charge in [-0.05, 0) is 26.2 Å². The molecule has 1 heterocycles.